The largest absolute Gasteiger partial charge is 0.338 e. The van der Waals surface area contributed by atoms with Crippen LogP contribution in [0.2, 0.25) is 0 Å². The molecule has 128 valence electrons. The molecule has 0 spiro atoms. The van der Waals surface area contributed by atoms with Gasteiger partial charge >= 0.3 is 0 Å². The lowest BCUT2D eigenvalue weighted by atomic mass is 9.97. The number of thiophene rings is 2. The van der Waals surface area contributed by atoms with E-state index in [4.69, 9.17) is 0 Å². The van der Waals surface area contributed by atoms with Gasteiger partial charge in [0.2, 0.25) is 0 Å². The number of benzene rings is 1. The molecule has 1 amide bonds. The maximum atomic E-state index is 12.8. The normalized spacial score (nSPS) is 15.8. The van der Waals surface area contributed by atoms with Gasteiger partial charge in [-0.2, -0.15) is 0 Å². The number of hydrogen-bond donors (Lipinski definition) is 1. The van der Waals surface area contributed by atoms with Gasteiger partial charge in [0, 0.05) is 27.9 Å². The van der Waals surface area contributed by atoms with Gasteiger partial charge in [-0.3, -0.25) is 4.79 Å². The standard InChI is InChI=1S/C18H20N2OS2.ClH/c1-19-11-12-6-8-20(9-7-12)18(21)16-10-15-17(23-16)13-4-2-3-5-14(13)22-15;/h2-5,10,12,19H,6-9,11H2,1H3;1H. The average Bonchev–Trinajstić information content (AvgIpc) is 3.13. The molecule has 3 nitrogen and oxygen atoms in total. The number of piperidine rings is 1. The zero-order chi connectivity index (χ0) is 15.8. The lowest BCUT2D eigenvalue weighted by Gasteiger charge is -2.31. The Kier molecular flexibility index (Phi) is 5.45. The van der Waals surface area contributed by atoms with Gasteiger partial charge in [-0.05, 0) is 44.5 Å². The summed E-state index contributed by atoms with van der Waals surface area (Å²) in [4.78, 5) is 15.7. The van der Waals surface area contributed by atoms with Crippen LogP contribution in [0.4, 0.5) is 0 Å². The summed E-state index contributed by atoms with van der Waals surface area (Å²) in [6.45, 7) is 2.83. The number of rotatable bonds is 3. The Morgan fingerprint density at radius 1 is 1.21 bits per heavy atom. The lowest BCUT2D eigenvalue weighted by molar-refractivity contribution is 0.0696. The number of fused-ring (bicyclic) bond motifs is 3. The van der Waals surface area contributed by atoms with Crippen molar-refractivity contribution >= 4 is 60.5 Å². The van der Waals surface area contributed by atoms with E-state index in [1.807, 2.05) is 11.9 Å². The number of hydrogen-bond acceptors (Lipinski definition) is 4. The summed E-state index contributed by atoms with van der Waals surface area (Å²) < 4.78 is 3.81. The number of nitrogens with zero attached hydrogens (tertiary/aromatic N) is 1. The van der Waals surface area contributed by atoms with Crippen molar-refractivity contribution < 1.29 is 4.79 Å². The molecule has 0 atom stereocenters. The van der Waals surface area contributed by atoms with E-state index in [0.717, 1.165) is 37.4 Å². The highest BCUT2D eigenvalue weighted by Gasteiger charge is 2.25. The van der Waals surface area contributed by atoms with E-state index in [2.05, 4.69) is 35.6 Å². The number of carbonyl (C=O) groups is 1. The van der Waals surface area contributed by atoms with Crippen LogP contribution in [0.25, 0.3) is 19.5 Å². The summed E-state index contributed by atoms with van der Waals surface area (Å²) in [5, 5.41) is 4.53. The van der Waals surface area contributed by atoms with E-state index < -0.39 is 0 Å². The number of carbonyl (C=O) groups excluding carboxylic acids is 1. The molecule has 0 bridgehead atoms. The zero-order valence-electron chi connectivity index (χ0n) is 13.6. The highest BCUT2D eigenvalue weighted by molar-refractivity contribution is 7.33. The van der Waals surface area contributed by atoms with Crippen molar-refractivity contribution in [1.82, 2.24) is 10.2 Å². The molecule has 2 aromatic heterocycles. The molecule has 1 aliphatic rings. The first-order valence-electron chi connectivity index (χ1n) is 8.11. The minimum Gasteiger partial charge on any atom is -0.338 e. The first-order valence-corrected chi connectivity index (χ1v) is 9.74. The highest BCUT2D eigenvalue weighted by Crippen LogP contribution is 2.39. The summed E-state index contributed by atoms with van der Waals surface area (Å²) >= 11 is 3.44. The van der Waals surface area contributed by atoms with Crippen LogP contribution in [0.1, 0.15) is 22.5 Å². The van der Waals surface area contributed by atoms with Gasteiger partial charge in [-0.1, -0.05) is 18.2 Å². The van der Waals surface area contributed by atoms with Gasteiger partial charge in [0.15, 0.2) is 0 Å². The Morgan fingerprint density at radius 3 is 2.71 bits per heavy atom. The lowest BCUT2D eigenvalue weighted by Crippen LogP contribution is -2.40. The van der Waals surface area contributed by atoms with E-state index >= 15 is 0 Å². The third-order valence-corrected chi connectivity index (χ3v) is 7.06. The number of likely N-dealkylation sites (tertiary alicyclic amines) is 1. The minimum atomic E-state index is 0. The van der Waals surface area contributed by atoms with Crippen LogP contribution in [0.3, 0.4) is 0 Å². The molecule has 1 N–H and O–H groups in total. The van der Waals surface area contributed by atoms with Crippen molar-refractivity contribution in [1.29, 1.82) is 0 Å². The highest BCUT2D eigenvalue weighted by atomic mass is 35.5. The monoisotopic (exact) mass is 380 g/mol. The van der Waals surface area contributed by atoms with Crippen molar-refractivity contribution in [3.8, 4) is 0 Å². The third kappa shape index (κ3) is 3.18. The van der Waals surface area contributed by atoms with Gasteiger partial charge in [-0.15, -0.1) is 35.1 Å². The van der Waals surface area contributed by atoms with Gasteiger partial charge in [0.1, 0.15) is 0 Å². The molecule has 0 unspecified atom stereocenters. The van der Waals surface area contributed by atoms with Gasteiger partial charge in [0.25, 0.3) is 5.91 Å². The Labute approximate surface area is 156 Å². The fourth-order valence-electron chi connectivity index (χ4n) is 3.39. The van der Waals surface area contributed by atoms with Crippen LogP contribution in [0, 0.1) is 5.92 Å². The predicted molar refractivity (Wildman–Crippen MR) is 107 cm³/mol. The molecule has 3 heterocycles. The maximum Gasteiger partial charge on any atom is 0.263 e. The fourth-order valence-corrected chi connectivity index (χ4v) is 5.88. The second-order valence-electron chi connectivity index (χ2n) is 6.20. The van der Waals surface area contributed by atoms with E-state index in [1.165, 1.54) is 19.5 Å². The number of nitrogens with one attached hydrogen (secondary N) is 1. The Hall–Kier alpha value is -1.14. The van der Waals surface area contributed by atoms with Crippen LogP contribution in [0.5, 0.6) is 0 Å². The quantitative estimate of drug-likeness (QED) is 0.719. The molecule has 4 rings (SSSR count). The second-order valence-corrected chi connectivity index (χ2v) is 8.33. The molecule has 1 fully saturated rings. The first kappa shape index (κ1) is 17.7. The Morgan fingerprint density at radius 2 is 1.96 bits per heavy atom. The van der Waals surface area contributed by atoms with Crippen molar-refractivity contribution in [3.63, 3.8) is 0 Å². The first-order chi connectivity index (χ1) is 11.3. The minimum absolute atomic E-state index is 0. The summed E-state index contributed by atoms with van der Waals surface area (Å²) in [6.07, 6.45) is 2.21. The van der Waals surface area contributed by atoms with Crippen LogP contribution in [-0.4, -0.2) is 37.5 Å². The van der Waals surface area contributed by atoms with E-state index in [9.17, 15) is 4.79 Å². The molecule has 1 saturated heterocycles. The third-order valence-electron chi connectivity index (χ3n) is 4.65. The smallest absolute Gasteiger partial charge is 0.263 e. The fraction of sp³-hybridized carbons (Fsp3) is 0.389. The molecule has 24 heavy (non-hydrogen) atoms. The van der Waals surface area contributed by atoms with Crippen LogP contribution in [0.15, 0.2) is 30.3 Å². The molecule has 0 aliphatic carbocycles. The van der Waals surface area contributed by atoms with Crippen molar-refractivity contribution in [2.45, 2.75) is 12.8 Å². The van der Waals surface area contributed by atoms with Crippen molar-refractivity contribution in [2.75, 3.05) is 26.7 Å². The van der Waals surface area contributed by atoms with Crippen molar-refractivity contribution in [2.24, 2.45) is 5.92 Å². The SMILES string of the molecule is CNCC1CCN(C(=O)c2cc3sc4ccccc4c3s2)CC1.Cl. The molecule has 0 saturated carbocycles. The van der Waals surface area contributed by atoms with E-state index in [-0.39, 0.29) is 18.3 Å². The van der Waals surface area contributed by atoms with Gasteiger partial charge in [-0.25, -0.2) is 0 Å². The molecule has 6 heteroatoms. The summed E-state index contributed by atoms with van der Waals surface area (Å²) in [6, 6.07) is 10.5. The average molecular weight is 381 g/mol. The molecule has 3 aromatic rings. The summed E-state index contributed by atoms with van der Waals surface area (Å²) in [5.41, 5.74) is 0. The van der Waals surface area contributed by atoms with Crippen LogP contribution >= 0.6 is 35.1 Å². The number of amides is 1. The number of halogens is 1. The molecule has 1 aromatic carbocycles. The van der Waals surface area contributed by atoms with E-state index in [1.54, 1.807) is 22.7 Å². The van der Waals surface area contributed by atoms with Gasteiger partial charge < -0.3 is 10.2 Å². The topological polar surface area (TPSA) is 32.3 Å². The zero-order valence-corrected chi connectivity index (χ0v) is 16.0. The second kappa shape index (κ2) is 7.40. The Balaban J connectivity index is 0.00000169. The summed E-state index contributed by atoms with van der Waals surface area (Å²) in [7, 11) is 2.00. The van der Waals surface area contributed by atoms with E-state index in [0.29, 0.717) is 5.92 Å². The maximum absolute atomic E-state index is 12.8. The van der Waals surface area contributed by atoms with Crippen LogP contribution in [-0.2, 0) is 0 Å². The molecule has 1 aliphatic heterocycles. The molecule has 0 radical (unpaired) electrons. The molecular formula is C18H21ClN2OS2. The van der Waals surface area contributed by atoms with Crippen molar-refractivity contribution in [3.05, 3.63) is 35.2 Å². The molecular weight excluding hydrogens is 360 g/mol. The Bertz CT molecular complexity index is 849. The summed E-state index contributed by atoms with van der Waals surface area (Å²) in [5.74, 6) is 0.921. The van der Waals surface area contributed by atoms with Gasteiger partial charge in [0.05, 0.1) is 9.58 Å². The predicted octanol–water partition coefficient (Wildman–Crippen LogP) is 4.61. The van der Waals surface area contributed by atoms with Crippen LogP contribution < -0.4 is 5.32 Å².